The zero-order valence-corrected chi connectivity index (χ0v) is 9.75. The number of aryl methyl sites for hydroxylation is 2. The van der Waals surface area contributed by atoms with Gasteiger partial charge >= 0.3 is 0 Å². The highest BCUT2D eigenvalue weighted by Gasteiger charge is 2.23. The van der Waals surface area contributed by atoms with Crippen molar-refractivity contribution in [1.29, 1.82) is 0 Å². The van der Waals surface area contributed by atoms with Crippen molar-refractivity contribution in [3.63, 3.8) is 0 Å². The Kier molecular flexibility index (Phi) is 3.25. The van der Waals surface area contributed by atoms with E-state index < -0.39 is 0 Å². The molecule has 2 rings (SSSR count). The van der Waals surface area contributed by atoms with Gasteiger partial charge in [-0.25, -0.2) is 0 Å². The number of carbonyl (C=O) groups excluding carboxylic acids is 1. The molecule has 1 aromatic rings. The van der Waals surface area contributed by atoms with E-state index in [4.69, 9.17) is 4.74 Å². The van der Waals surface area contributed by atoms with Gasteiger partial charge in [0, 0.05) is 12.3 Å². The Balaban J connectivity index is 2.07. The minimum Gasteiger partial charge on any atom is -0.368 e. The lowest BCUT2D eigenvalue weighted by atomic mass is 10.1. The summed E-state index contributed by atoms with van der Waals surface area (Å²) in [6.07, 6.45) is 1.54. The van der Waals surface area contributed by atoms with Crippen LogP contribution < -0.4 is 5.32 Å². The highest BCUT2D eigenvalue weighted by Crippen LogP contribution is 2.19. The first-order valence-corrected chi connectivity index (χ1v) is 5.66. The highest BCUT2D eigenvalue weighted by molar-refractivity contribution is 5.95. The maximum Gasteiger partial charge on any atom is 0.253 e. The Bertz CT molecular complexity index is 395. The quantitative estimate of drug-likeness (QED) is 0.829. The normalized spacial score (nSPS) is 19.8. The second-order valence-electron chi connectivity index (χ2n) is 4.31. The SMILES string of the molecule is Cc1ccc(C)c(NC(=O)[C@H]2CCCO2)c1. The van der Waals surface area contributed by atoms with Gasteiger partial charge in [-0.1, -0.05) is 12.1 Å². The maximum atomic E-state index is 11.8. The molecule has 0 aromatic heterocycles. The summed E-state index contributed by atoms with van der Waals surface area (Å²) >= 11 is 0. The molecule has 0 unspecified atom stereocenters. The summed E-state index contributed by atoms with van der Waals surface area (Å²) in [5.74, 6) is -0.0220. The van der Waals surface area contributed by atoms with Crippen molar-refractivity contribution >= 4 is 11.6 Å². The lowest BCUT2D eigenvalue weighted by Gasteiger charge is -2.12. The predicted octanol–water partition coefficient (Wildman–Crippen LogP) is 2.42. The van der Waals surface area contributed by atoms with Gasteiger partial charge in [-0.2, -0.15) is 0 Å². The average molecular weight is 219 g/mol. The molecule has 1 saturated heterocycles. The minimum absolute atomic E-state index is 0.0220. The molecule has 3 heteroatoms. The molecule has 1 aliphatic rings. The molecule has 0 radical (unpaired) electrons. The van der Waals surface area contributed by atoms with E-state index in [0.717, 1.165) is 29.7 Å². The third-order valence-electron chi connectivity index (χ3n) is 2.87. The smallest absolute Gasteiger partial charge is 0.253 e. The van der Waals surface area contributed by atoms with Crippen LogP contribution in [0.1, 0.15) is 24.0 Å². The number of nitrogens with one attached hydrogen (secondary N) is 1. The summed E-state index contributed by atoms with van der Waals surface area (Å²) in [6.45, 7) is 4.70. The van der Waals surface area contributed by atoms with Gasteiger partial charge in [0.05, 0.1) is 0 Å². The topological polar surface area (TPSA) is 38.3 Å². The third-order valence-corrected chi connectivity index (χ3v) is 2.87. The van der Waals surface area contributed by atoms with Crippen molar-refractivity contribution in [2.24, 2.45) is 0 Å². The second-order valence-corrected chi connectivity index (χ2v) is 4.31. The third kappa shape index (κ3) is 2.42. The second kappa shape index (κ2) is 4.66. The van der Waals surface area contributed by atoms with E-state index in [1.54, 1.807) is 0 Å². The van der Waals surface area contributed by atoms with Gasteiger partial charge in [0.15, 0.2) is 0 Å². The van der Waals surface area contributed by atoms with Crippen LogP contribution in [0.4, 0.5) is 5.69 Å². The number of anilines is 1. The van der Waals surface area contributed by atoms with Crippen molar-refractivity contribution in [2.45, 2.75) is 32.8 Å². The number of rotatable bonds is 2. The molecular formula is C13H17NO2. The molecule has 1 atom stereocenters. The first-order chi connectivity index (χ1) is 7.66. The Morgan fingerprint density at radius 1 is 1.44 bits per heavy atom. The van der Waals surface area contributed by atoms with Crippen molar-refractivity contribution < 1.29 is 9.53 Å². The van der Waals surface area contributed by atoms with Gasteiger partial charge in [0.25, 0.3) is 5.91 Å². The number of benzene rings is 1. The molecule has 1 amide bonds. The van der Waals surface area contributed by atoms with E-state index in [2.05, 4.69) is 5.32 Å². The van der Waals surface area contributed by atoms with Gasteiger partial charge in [-0.15, -0.1) is 0 Å². The van der Waals surface area contributed by atoms with E-state index in [1.165, 1.54) is 0 Å². The monoisotopic (exact) mass is 219 g/mol. The van der Waals surface area contributed by atoms with Gasteiger partial charge in [-0.3, -0.25) is 4.79 Å². The molecule has 16 heavy (non-hydrogen) atoms. The zero-order chi connectivity index (χ0) is 11.5. The van der Waals surface area contributed by atoms with E-state index in [1.807, 2.05) is 32.0 Å². The standard InChI is InChI=1S/C13H17NO2/c1-9-5-6-10(2)11(8-9)14-13(15)12-4-3-7-16-12/h5-6,8,12H,3-4,7H2,1-2H3,(H,14,15)/t12-/m1/s1. The molecule has 1 N–H and O–H groups in total. The van der Waals surface area contributed by atoms with Crippen LogP contribution >= 0.6 is 0 Å². The van der Waals surface area contributed by atoms with Gasteiger partial charge in [0.1, 0.15) is 6.10 Å². The van der Waals surface area contributed by atoms with Crippen LogP contribution in [0, 0.1) is 13.8 Å². The van der Waals surface area contributed by atoms with Crippen LogP contribution in [0.3, 0.4) is 0 Å². The van der Waals surface area contributed by atoms with Crippen LogP contribution in [-0.4, -0.2) is 18.6 Å². The largest absolute Gasteiger partial charge is 0.368 e. The molecular weight excluding hydrogens is 202 g/mol. The summed E-state index contributed by atoms with van der Waals surface area (Å²) in [4.78, 5) is 11.8. The molecule has 0 aliphatic carbocycles. The number of ether oxygens (including phenoxy) is 1. The molecule has 1 heterocycles. The summed E-state index contributed by atoms with van der Waals surface area (Å²) in [6, 6.07) is 6.04. The fourth-order valence-corrected chi connectivity index (χ4v) is 1.87. The van der Waals surface area contributed by atoms with Crippen LogP contribution in [-0.2, 0) is 9.53 Å². The Morgan fingerprint density at radius 2 is 2.25 bits per heavy atom. The average Bonchev–Trinajstić information content (AvgIpc) is 2.76. The molecule has 0 saturated carbocycles. The van der Waals surface area contributed by atoms with E-state index in [-0.39, 0.29) is 12.0 Å². The Morgan fingerprint density at radius 3 is 2.94 bits per heavy atom. The summed E-state index contributed by atoms with van der Waals surface area (Å²) < 4.78 is 5.35. The first kappa shape index (κ1) is 11.1. The summed E-state index contributed by atoms with van der Waals surface area (Å²) in [7, 11) is 0. The number of hydrogen-bond donors (Lipinski definition) is 1. The van der Waals surface area contributed by atoms with Crippen molar-refractivity contribution in [1.82, 2.24) is 0 Å². The summed E-state index contributed by atoms with van der Waals surface area (Å²) in [5, 5.41) is 2.93. The first-order valence-electron chi connectivity index (χ1n) is 5.66. The fourth-order valence-electron chi connectivity index (χ4n) is 1.87. The highest BCUT2D eigenvalue weighted by atomic mass is 16.5. The maximum absolute atomic E-state index is 11.8. The summed E-state index contributed by atoms with van der Waals surface area (Å²) in [5.41, 5.74) is 3.12. The predicted molar refractivity (Wildman–Crippen MR) is 63.5 cm³/mol. The molecule has 1 aromatic carbocycles. The molecule has 1 aliphatic heterocycles. The van der Waals surface area contributed by atoms with Gasteiger partial charge in [-0.05, 0) is 43.9 Å². The van der Waals surface area contributed by atoms with Crippen molar-refractivity contribution in [3.05, 3.63) is 29.3 Å². The van der Waals surface area contributed by atoms with Crippen LogP contribution in [0.25, 0.3) is 0 Å². The molecule has 1 fully saturated rings. The van der Waals surface area contributed by atoms with E-state index >= 15 is 0 Å². The number of carbonyl (C=O) groups is 1. The van der Waals surface area contributed by atoms with Gasteiger partial charge < -0.3 is 10.1 Å². The molecule has 86 valence electrons. The molecule has 3 nitrogen and oxygen atoms in total. The number of hydrogen-bond acceptors (Lipinski definition) is 2. The van der Waals surface area contributed by atoms with Crippen LogP contribution in [0.2, 0.25) is 0 Å². The Hall–Kier alpha value is -1.35. The molecule has 0 spiro atoms. The molecule has 0 bridgehead atoms. The van der Waals surface area contributed by atoms with E-state index in [0.29, 0.717) is 6.61 Å². The minimum atomic E-state index is -0.264. The van der Waals surface area contributed by atoms with Gasteiger partial charge in [0.2, 0.25) is 0 Å². The lowest BCUT2D eigenvalue weighted by molar-refractivity contribution is -0.124. The lowest BCUT2D eigenvalue weighted by Crippen LogP contribution is -2.27. The van der Waals surface area contributed by atoms with Crippen LogP contribution in [0.15, 0.2) is 18.2 Å². The Labute approximate surface area is 95.8 Å². The fraction of sp³-hybridized carbons (Fsp3) is 0.462. The van der Waals surface area contributed by atoms with E-state index in [9.17, 15) is 4.79 Å². The van der Waals surface area contributed by atoms with Crippen molar-refractivity contribution in [2.75, 3.05) is 11.9 Å². The zero-order valence-electron chi connectivity index (χ0n) is 9.75. The van der Waals surface area contributed by atoms with Crippen molar-refractivity contribution in [3.8, 4) is 0 Å². The van der Waals surface area contributed by atoms with Crippen LogP contribution in [0.5, 0.6) is 0 Å². The number of amides is 1.